The van der Waals surface area contributed by atoms with Crippen molar-refractivity contribution in [3.05, 3.63) is 42.4 Å². The number of carbonyl (C=O) groups excluding carboxylic acids is 1. The van der Waals surface area contributed by atoms with Crippen LogP contribution in [0.4, 0.5) is 24.9 Å². The topological polar surface area (TPSA) is 136 Å². The number of anilines is 2. The van der Waals surface area contributed by atoms with Crippen molar-refractivity contribution >= 4 is 39.5 Å². The van der Waals surface area contributed by atoms with Gasteiger partial charge in [-0.05, 0) is 30.4 Å². The van der Waals surface area contributed by atoms with Crippen molar-refractivity contribution < 1.29 is 18.0 Å². The molecule has 3 heterocycles. The van der Waals surface area contributed by atoms with E-state index in [4.69, 9.17) is 11.5 Å². The maximum absolute atomic E-state index is 13.8. The van der Waals surface area contributed by atoms with E-state index in [2.05, 4.69) is 25.3 Å². The van der Waals surface area contributed by atoms with Crippen LogP contribution in [0.25, 0.3) is 32.9 Å². The number of amides is 1. The maximum Gasteiger partial charge on any atom is 0.408 e. The van der Waals surface area contributed by atoms with Crippen LogP contribution in [0.5, 0.6) is 0 Å². The molecule has 1 atom stereocenters. The summed E-state index contributed by atoms with van der Waals surface area (Å²) in [6.07, 6.45) is 1.68. The van der Waals surface area contributed by atoms with Crippen LogP contribution in [0.2, 0.25) is 0 Å². The predicted octanol–water partition coefficient (Wildman–Crippen LogP) is 4.00. The molecule has 1 aliphatic carbocycles. The second kappa shape index (κ2) is 7.61. The standard InChI is InChI=1S/C22H20F3N7O/c23-22(24,25)18(10-2-1-3-10)32-20-16-13-5-4-11(12-7-29-21(27)30-8-12)6-15(13)31-17(16)14(9-28-20)19(26)33/h4-10,18,31H,1-3H2,(H2,26,33)(H,28,32)(H2,27,29,30). The molecule has 8 nitrogen and oxygen atoms in total. The SMILES string of the molecule is NC(=O)c1cnc(NC(C2CCC2)C(F)(F)F)c2c1[nH]c1cc(-c3cnc(N)nc3)ccc12. The van der Waals surface area contributed by atoms with Gasteiger partial charge in [-0.15, -0.1) is 0 Å². The Morgan fingerprint density at radius 2 is 1.85 bits per heavy atom. The third-order valence-corrected chi connectivity index (χ3v) is 6.16. The lowest BCUT2D eigenvalue weighted by atomic mass is 9.79. The van der Waals surface area contributed by atoms with E-state index in [-0.39, 0.29) is 17.3 Å². The van der Waals surface area contributed by atoms with Crippen molar-refractivity contribution in [3.63, 3.8) is 0 Å². The number of fused-ring (bicyclic) bond motifs is 3. The predicted molar refractivity (Wildman–Crippen MR) is 118 cm³/mol. The van der Waals surface area contributed by atoms with Gasteiger partial charge >= 0.3 is 6.18 Å². The number of alkyl halides is 3. The molecular weight excluding hydrogens is 435 g/mol. The number of carbonyl (C=O) groups is 1. The second-order valence-electron chi connectivity index (χ2n) is 8.20. The first kappa shape index (κ1) is 21.0. The number of primary amides is 1. The summed E-state index contributed by atoms with van der Waals surface area (Å²) in [5, 5.41) is 3.61. The van der Waals surface area contributed by atoms with E-state index < -0.39 is 24.0 Å². The molecular formula is C22H20F3N7O. The minimum Gasteiger partial charge on any atom is -0.368 e. The lowest BCUT2D eigenvalue weighted by Gasteiger charge is -2.35. The zero-order valence-electron chi connectivity index (χ0n) is 17.3. The fraction of sp³-hybridized carbons (Fsp3) is 0.273. The van der Waals surface area contributed by atoms with Crippen molar-refractivity contribution in [2.45, 2.75) is 31.5 Å². The molecule has 6 N–H and O–H groups in total. The molecule has 4 aromatic rings. The monoisotopic (exact) mass is 455 g/mol. The summed E-state index contributed by atoms with van der Waals surface area (Å²) in [6, 6.07) is 3.62. The van der Waals surface area contributed by atoms with Crippen molar-refractivity contribution in [1.82, 2.24) is 19.9 Å². The highest BCUT2D eigenvalue weighted by Gasteiger charge is 2.47. The van der Waals surface area contributed by atoms with Gasteiger partial charge in [0.15, 0.2) is 0 Å². The summed E-state index contributed by atoms with van der Waals surface area (Å²) < 4.78 is 41.4. The maximum atomic E-state index is 13.8. The van der Waals surface area contributed by atoms with E-state index in [1.165, 1.54) is 6.20 Å². The average Bonchev–Trinajstić information content (AvgIpc) is 3.10. The zero-order chi connectivity index (χ0) is 23.3. The van der Waals surface area contributed by atoms with Crippen LogP contribution in [0.15, 0.2) is 36.8 Å². The third kappa shape index (κ3) is 3.69. The molecule has 1 saturated carbocycles. The molecule has 3 aromatic heterocycles. The Bertz CT molecular complexity index is 1360. The average molecular weight is 455 g/mol. The van der Waals surface area contributed by atoms with Crippen LogP contribution in [0, 0.1) is 5.92 Å². The number of nitrogen functional groups attached to an aromatic ring is 1. The van der Waals surface area contributed by atoms with Crippen LogP contribution >= 0.6 is 0 Å². The number of hydrogen-bond acceptors (Lipinski definition) is 6. The Kier molecular flexibility index (Phi) is 4.84. The molecule has 33 heavy (non-hydrogen) atoms. The number of hydrogen-bond donors (Lipinski definition) is 4. The van der Waals surface area contributed by atoms with Crippen molar-refractivity contribution in [1.29, 1.82) is 0 Å². The van der Waals surface area contributed by atoms with Crippen molar-refractivity contribution in [2.24, 2.45) is 11.7 Å². The van der Waals surface area contributed by atoms with Gasteiger partial charge in [0.1, 0.15) is 11.9 Å². The summed E-state index contributed by atoms with van der Waals surface area (Å²) in [5.74, 6) is -1.05. The number of nitrogens with two attached hydrogens (primary N) is 2. The zero-order valence-corrected chi connectivity index (χ0v) is 17.3. The fourth-order valence-corrected chi connectivity index (χ4v) is 4.25. The number of rotatable bonds is 5. The second-order valence-corrected chi connectivity index (χ2v) is 8.20. The largest absolute Gasteiger partial charge is 0.408 e. The molecule has 0 saturated heterocycles. The lowest BCUT2D eigenvalue weighted by molar-refractivity contribution is -0.159. The first-order chi connectivity index (χ1) is 15.7. The molecule has 0 aliphatic heterocycles. The number of nitrogens with zero attached hydrogens (tertiary/aromatic N) is 3. The molecule has 11 heteroatoms. The summed E-state index contributed by atoms with van der Waals surface area (Å²) in [6.45, 7) is 0. The fourth-order valence-electron chi connectivity index (χ4n) is 4.25. The minimum absolute atomic E-state index is 0.0547. The smallest absolute Gasteiger partial charge is 0.368 e. The van der Waals surface area contributed by atoms with Gasteiger partial charge in [0.05, 0.1) is 16.5 Å². The number of halogens is 3. The van der Waals surface area contributed by atoms with E-state index in [0.29, 0.717) is 40.2 Å². The van der Waals surface area contributed by atoms with E-state index in [1.54, 1.807) is 30.6 Å². The van der Waals surface area contributed by atoms with Gasteiger partial charge in [-0.1, -0.05) is 18.6 Å². The van der Waals surface area contributed by atoms with Crippen molar-refractivity contribution in [3.8, 4) is 11.1 Å². The van der Waals surface area contributed by atoms with Crippen LogP contribution in [0.1, 0.15) is 29.6 Å². The first-order valence-electron chi connectivity index (χ1n) is 10.4. The van der Waals surface area contributed by atoms with Gasteiger partial charge in [-0.3, -0.25) is 4.79 Å². The third-order valence-electron chi connectivity index (χ3n) is 6.16. The summed E-state index contributed by atoms with van der Waals surface area (Å²) >= 11 is 0. The quantitative estimate of drug-likeness (QED) is 0.359. The molecule has 0 radical (unpaired) electrons. The van der Waals surface area contributed by atoms with Crippen LogP contribution < -0.4 is 16.8 Å². The molecule has 0 spiro atoms. The highest BCUT2D eigenvalue weighted by molar-refractivity contribution is 6.18. The number of H-pyrrole nitrogens is 1. The van der Waals surface area contributed by atoms with E-state index >= 15 is 0 Å². The Morgan fingerprint density at radius 3 is 2.45 bits per heavy atom. The highest BCUT2D eigenvalue weighted by Crippen LogP contribution is 2.41. The van der Waals surface area contributed by atoms with Crippen LogP contribution in [-0.2, 0) is 0 Å². The molecule has 1 aromatic carbocycles. The Morgan fingerprint density at radius 1 is 1.12 bits per heavy atom. The lowest BCUT2D eigenvalue weighted by Crippen LogP contribution is -2.45. The van der Waals surface area contributed by atoms with Gasteiger partial charge < -0.3 is 21.8 Å². The van der Waals surface area contributed by atoms with Gasteiger partial charge in [-0.25, -0.2) is 15.0 Å². The van der Waals surface area contributed by atoms with Crippen LogP contribution in [0.3, 0.4) is 0 Å². The molecule has 5 rings (SSSR count). The van der Waals surface area contributed by atoms with E-state index in [0.717, 1.165) is 12.0 Å². The highest BCUT2D eigenvalue weighted by atomic mass is 19.4. The molecule has 0 bridgehead atoms. The van der Waals surface area contributed by atoms with Gasteiger partial charge in [-0.2, -0.15) is 13.2 Å². The first-order valence-corrected chi connectivity index (χ1v) is 10.4. The minimum atomic E-state index is -4.43. The van der Waals surface area contributed by atoms with Crippen LogP contribution in [-0.4, -0.2) is 38.1 Å². The molecule has 170 valence electrons. The number of aromatic amines is 1. The normalized spacial score (nSPS) is 15.5. The summed E-state index contributed by atoms with van der Waals surface area (Å²) in [7, 11) is 0. The number of benzene rings is 1. The summed E-state index contributed by atoms with van der Waals surface area (Å²) in [4.78, 5) is 27.3. The Balaban J connectivity index is 1.67. The van der Waals surface area contributed by atoms with E-state index in [1.807, 2.05) is 0 Å². The van der Waals surface area contributed by atoms with E-state index in [9.17, 15) is 18.0 Å². The molecule has 1 amide bonds. The number of aromatic nitrogens is 4. The molecule has 1 unspecified atom stereocenters. The Labute approximate surface area is 185 Å². The summed E-state index contributed by atoms with van der Waals surface area (Å²) in [5.41, 5.74) is 13.6. The number of nitrogens with one attached hydrogen (secondary N) is 2. The Hall–Kier alpha value is -3.89. The van der Waals surface area contributed by atoms with Gasteiger partial charge in [0.2, 0.25) is 5.95 Å². The van der Waals surface area contributed by atoms with Gasteiger partial charge in [0.25, 0.3) is 5.91 Å². The molecule has 1 fully saturated rings. The van der Waals surface area contributed by atoms with Gasteiger partial charge in [0, 0.05) is 35.1 Å². The number of pyridine rings is 1. The van der Waals surface area contributed by atoms with Crippen molar-refractivity contribution in [2.75, 3.05) is 11.1 Å². The molecule has 1 aliphatic rings.